The smallest absolute Gasteiger partial charge is 0.416 e. The van der Waals surface area contributed by atoms with Crippen molar-refractivity contribution in [2.75, 3.05) is 7.11 Å². The molecule has 5 rings (SSSR count). The van der Waals surface area contributed by atoms with E-state index in [0.29, 0.717) is 29.7 Å². The van der Waals surface area contributed by atoms with Crippen molar-refractivity contribution in [1.82, 2.24) is 3.97 Å². The number of alkyl halides is 3. The van der Waals surface area contributed by atoms with Crippen LogP contribution >= 0.6 is 0 Å². The summed E-state index contributed by atoms with van der Waals surface area (Å²) in [5, 5.41) is 0. The molecule has 0 amide bonds. The summed E-state index contributed by atoms with van der Waals surface area (Å²) in [4.78, 5) is 12.7. The Morgan fingerprint density at radius 3 is 2.26 bits per heavy atom. The summed E-state index contributed by atoms with van der Waals surface area (Å²) in [7, 11) is -2.87. The van der Waals surface area contributed by atoms with Gasteiger partial charge in [0, 0.05) is 11.3 Å². The first-order valence-corrected chi connectivity index (χ1v) is 13.6. The summed E-state index contributed by atoms with van der Waals surface area (Å²) in [5.41, 5.74) is 4.28. The maximum Gasteiger partial charge on any atom is 0.416 e. The fraction of sp³-hybridized carbons (Fsp3) is 0.167. The third-order valence-electron chi connectivity index (χ3n) is 6.76. The minimum atomic E-state index is -4.41. The summed E-state index contributed by atoms with van der Waals surface area (Å²) in [6.45, 7) is 1.85. The molecular weight excluding hydrogens is 527 g/mol. The van der Waals surface area contributed by atoms with Gasteiger partial charge in [0.25, 0.3) is 10.0 Å². The zero-order valence-electron chi connectivity index (χ0n) is 21.1. The summed E-state index contributed by atoms with van der Waals surface area (Å²) >= 11 is 0. The van der Waals surface area contributed by atoms with E-state index >= 15 is 0 Å². The second kappa shape index (κ2) is 9.89. The fourth-order valence-electron chi connectivity index (χ4n) is 4.78. The van der Waals surface area contributed by atoms with Crippen molar-refractivity contribution in [3.63, 3.8) is 0 Å². The van der Waals surface area contributed by atoms with E-state index in [2.05, 4.69) is 0 Å². The second-order valence-electron chi connectivity index (χ2n) is 9.33. The molecule has 0 atom stereocenters. The maximum atomic E-state index is 13.6. The first-order chi connectivity index (χ1) is 18.5. The highest BCUT2D eigenvalue weighted by molar-refractivity contribution is 7.90. The van der Waals surface area contributed by atoms with Crippen LogP contribution in [-0.4, -0.2) is 25.5 Å². The highest BCUT2D eigenvalue weighted by Gasteiger charge is 2.33. The number of hydrogen-bond donors (Lipinski definition) is 0. The summed E-state index contributed by atoms with van der Waals surface area (Å²) in [5.74, 6) is -0.760. The monoisotopic (exact) mass is 551 g/mol. The Morgan fingerprint density at radius 2 is 1.62 bits per heavy atom. The number of halogens is 3. The molecule has 0 radical (unpaired) electrons. The lowest BCUT2D eigenvalue weighted by Crippen LogP contribution is -2.21. The van der Waals surface area contributed by atoms with Gasteiger partial charge in [-0.1, -0.05) is 54.1 Å². The SMILES string of the molecule is COC(=O)c1cc2c(n1S(=O)(=O)c1ccc(C)cc1)CCC2=Cc1cccc(-c2ccc(C(F)(F)F)cc2)c1. The molecule has 0 saturated heterocycles. The number of methoxy groups -OCH3 is 1. The van der Waals surface area contributed by atoms with Crippen molar-refractivity contribution in [2.24, 2.45) is 0 Å². The maximum absolute atomic E-state index is 13.6. The molecule has 200 valence electrons. The Balaban J connectivity index is 1.55. The third kappa shape index (κ3) is 5.02. The van der Waals surface area contributed by atoms with Crippen molar-refractivity contribution < 1.29 is 31.1 Å². The number of benzene rings is 3. The number of allylic oxidation sites excluding steroid dienone is 1. The minimum absolute atomic E-state index is 0.0679. The predicted octanol–water partition coefficient (Wildman–Crippen LogP) is 6.99. The molecule has 1 heterocycles. The Morgan fingerprint density at radius 1 is 0.923 bits per heavy atom. The van der Waals surface area contributed by atoms with E-state index < -0.39 is 27.7 Å². The number of carbonyl (C=O) groups excluding carboxylic acids is 1. The highest BCUT2D eigenvalue weighted by Crippen LogP contribution is 2.39. The molecular formula is C30H24F3NO4S. The topological polar surface area (TPSA) is 65.4 Å². The van der Waals surface area contributed by atoms with Crippen LogP contribution in [-0.2, 0) is 27.4 Å². The van der Waals surface area contributed by atoms with Gasteiger partial charge < -0.3 is 4.74 Å². The van der Waals surface area contributed by atoms with E-state index in [0.717, 1.165) is 38.4 Å². The number of aromatic nitrogens is 1. The average molecular weight is 552 g/mol. The van der Waals surface area contributed by atoms with Gasteiger partial charge in [0.2, 0.25) is 0 Å². The van der Waals surface area contributed by atoms with Crippen LogP contribution in [0.2, 0.25) is 0 Å². The second-order valence-corrected chi connectivity index (χ2v) is 11.1. The Labute approximate surface area is 224 Å². The Bertz CT molecular complexity index is 1700. The van der Waals surface area contributed by atoms with E-state index in [9.17, 15) is 26.4 Å². The number of hydrogen-bond acceptors (Lipinski definition) is 4. The Kier molecular flexibility index (Phi) is 6.72. The number of rotatable bonds is 5. The van der Waals surface area contributed by atoms with E-state index in [-0.39, 0.29) is 10.6 Å². The molecule has 0 fully saturated rings. The van der Waals surface area contributed by atoms with Crippen LogP contribution in [0.4, 0.5) is 13.2 Å². The van der Waals surface area contributed by atoms with Gasteiger partial charge in [-0.15, -0.1) is 0 Å². The van der Waals surface area contributed by atoms with E-state index in [1.807, 2.05) is 37.3 Å². The quantitative estimate of drug-likeness (QED) is 0.251. The minimum Gasteiger partial charge on any atom is -0.464 e. The molecule has 3 aromatic carbocycles. The predicted molar refractivity (Wildman–Crippen MR) is 143 cm³/mol. The molecule has 0 unspecified atom stereocenters. The molecule has 5 nitrogen and oxygen atoms in total. The molecule has 0 spiro atoms. The number of esters is 1. The molecule has 0 N–H and O–H groups in total. The van der Waals surface area contributed by atoms with Crippen molar-refractivity contribution in [1.29, 1.82) is 0 Å². The molecule has 1 aliphatic rings. The van der Waals surface area contributed by atoms with Crippen LogP contribution in [0.25, 0.3) is 22.8 Å². The lowest BCUT2D eigenvalue weighted by atomic mass is 10.00. The summed E-state index contributed by atoms with van der Waals surface area (Å²) in [6, 6.07) is 20.3. The van der Waals surface area contributed by atoms with Gasteiger partial charge in [-0.3, -0.25) is 0 Å². The number of carbonyl (C=O) groups is 1. The molecule has 0 saturated carbocycles. The molecule has 1 aliphatic carbocycles. The van der Waals surface area contributed by atoms with Crippen molar-refractivity contribution in [2.45, 2.75) is 30.8 Å². The van der Waals surface area contributed by atoms with Crippen LogP contribution in [0.5, 0.6) is 0 Å². The van der Waals surface area contributed by atoms with Crippen molar-refractivity contribution in [3.8, 4) is 11.1 Å². The van der Waals surface area contributed by atoms with Crippen LogP contribution in [0.1, 0.15) is 44.9 Å². The molecule has 0 aliphatic heterocycles. The molecule has 1 aromatic heterocycles. The first-order valence-electron chi connectivity index (χ1n) is 12.1. The summed E-state index contributed by atoms with van der Waals surface area (Å²) in [6.07, 6.45) is -1.54. The van der Waals surface area contributed by atoms with Gasteiger partial charge in [0.15, 0.2) is 0 Å². The first kappa shape index (κ1) is 26.5. The lowest BCUT2D eigenvalue weighted by Gasteiger charge is -2.12. The molecule has 4 aromatic rings. The van der Waals surface area contributed by atoms with Crippen molar-refractivity contribution in [3.05, 3.63) is 113 Å². The van der Waals surface area contributed by atoms with Gasteiger partial charge >= 0.3 is 12.1 Å². The van der Waals surface area contributed by atoms with Crippen LogP contribution in [0.3, 0.4) is 0 Å². The van der Waals surface area contributed by atoms with Crippen LogP contribution in [0, 0.1) is 6.92 Å². The number of aryl methyl sites for hydroxylation is 1. The molecule has 0 bridgehead atoms. The van der Waals surface area contributed by atoms with Gasteiger partial charge in [-0.25, -0.2) is 17.2 Å². The number of fused-ring (bicyclic) bond motifs is 1. The van der Waals surface area contributed by atoms with Crippen molar-refractivity contribution >= 4 is 27.6 Å². The highest BCUT2D eigenvalue weighted by atomic mass is 32.2. The standard InChI is InChI=1S/C30H24F3NO4S/c1-19-6-13-25(14-7-19)39(36,37)34-27-15-10-23(26(27)18-28(34)29(35)38-2)17-20-4-3-5-22(16-20)21-8-11-24(12-9-21)30(31,32)33/h3-9,11-14,16-18H,10,15H2,1-2H3. The fourth-order valence-corrected chi connectivity index (χ4v) is 6.34. The van der Waals surface area contributed by atoms with Crippen LogP contribution in [0.15, 0.2) is 83.8 Å². The zero-order chi connectivity index (χ0) is 27.9. The third-order valence-corrected chi connectivity index (χ3v) is 8.53. The number of nitrogens with zero attached hydrogens (tertiary/aromatic N) is 1. The van der Waals surface area contributed by atoms with Gasteiger partial charge in [-0.05, 0) is 78.4 Å². The van der Waals surface area contributed by atoms with Gasteiger partial charge in [0.1, 0.15) is 5.69 Å². The largest absolute Gasteiger partial charge is 0.464 e. The van der Waals surface area contributed by atoms with E-state index in [1.165, 1.54) is 31.4 Å². The normalized spacial score (nSPS) is 14.4. The lowest BCUT2D eigenvalue weighted by molar-refractivity contribution is -0.137. The zero-order valence-corrected chi connectivity index (χ0v) is 21.9. The van der Waals surface area contributed by atoms with Gasteiger partial charge in [0.05, 0.1) is 17.6 Å². The van der Waals surface area contributed by atoms with E-state index in [1.54, 1.807) is 18.2 Å². The number of ether oxygens (including phenoxy) is 1. The Hall–Kier alpha value is -4.11. The molecule has 9 heteroatoms. The van der Waals surface area contributed by atoms with E-state index in [4.69, 9.17) is 4.74 Å². The van der Waals surface area contributed by atoms with Crippen LogP contribution < -0.4 is 0 Å². The van der Waals surface area contributed by atoms with Gasteiger partial charge in [-0.2, -0.15) is 13.2 Å². The average Bonchev–Trinajstić information content (AvgIpc) is 3.48. The molecule has 39 heavy (non-hydrogen) atoms. The summed E-state index contributed by atoms with van der Waals surface area (Å²) < 4.78 is 72.1.